The molecule has 0 saturated carbocycles. The van der Waals surface area contributed by atoms with E-state index in [1.165, 1.54) is 22.3 Å². The molecule has 0 spiro atoms. The van der Waals surface area contributed by atoms with Crippen LogP contribution in [0.4, 0.5) is 0 Å². The van der Waals surface area contributed by atoms with Crippen LogP contribution in [0.2, 0.25) is 0 Å². The summed E-state index contributed by atoms with van der Waals surface area (Å²) in [6.07, 6.45) is 4.09. The van der Waals surface area contributed by atoms with Crippen LogP contribution in [0.5, 0.6) is 0 Å². The number of hydrogen-bond donors (Lipinski definition) is 1. The average molecular weight is 281 g/mol. The van der Waals surface area contributed by atoms with Crippen LogP contribution in [0.3, 0.4) is 0 Å². The molecule has 0 unspecified atom stereocenters. The smallest absolute Gasteiger partial charge is 0.00804 e. The highest BCUT2D eigenvalue weighted by Crippen LogP contribution is 2.21. The first-order chi connectivity index (χ1) is 10.2. The third kappa shape index (κ3) is 6.42. The summed E-state index contributed by atoms with van der Waals surface area (Å²) < 4.78 is 0. The molecule has 0 saturated heterocycles. The molecule has 112 valence electrons. The van der Waals surface area contributed by atoms with Gasteiger partial charge in [0.2, 0.25) is 0 Å². The Labute approximate surface area is 129 Å². The van der Waals surface area contributed by atoms with E-state index in [9.17, 15) is 0 Å². The molecular formula is C20H27N. The number of rotatable bonds is 5. The first-order valence-corrected chi connectivity index (χ1v) is 7.62. The van der Waals surface area contributed by atoms with Crippen LogP contribution in [0.25, 0.3) is 11.1 Å². The summed E-state index contributed by atoms with van der Waals surface area (Å²) in [5, 5.41) is 2.93. The van der Waals surface area contributed by atoms with E-state index in [0.717, 1.165) is 19.4 Å². The highest BCUT2D eigenvalue weighted by molar-refractivity contribution is 5.64. The molecule has 0 radical (unpaired) electrons. The molecule has 0 bridgehead atoms. The highest BCUT2D eigenvalue weighted by atomic mass is 14.8. The zero-order valence-corrected chi connectivity index (χ0v) is 13.5. The van der Waals surface area contributed by atoms with E-state index in [1.54, 1.807) is 0 Å². The number of benzene rings is 2. The normalized spacial score (nSPS) is 9.67. The summed E-state index contributed by atoms with van der Waals surface area (Å²) in [6.45, 7) is 9.02. The Bertz CT molecular complexity index is 524. The quantitative estimate of drug-likeness (QED) is 0.760. The summed E-state index contributed by atoms with van der Waals surface area (Å²) in [5.74, 6) is 0. The minimum Gasteiger partial charge on any atom is -0.320 e. The number of hydrogen-bond acceptors (Lipinski definition) is 1. The van der Waals surface area contributed by atoms with Crippen LogP contribution >= 0.6 is 0 Å². The van der Waals surface area contributed by atoms with Crippen molar-refractivity contribution in [1.29, 1.82) is 0 Å². The van der Waals surface area contributed by atoms with E-state index < -0.39 is 0 Å². The summed E-state index contributed by atoms with van der Waals surface area (Å²) in [7, 11) is 1.93. The molecule has 2 aromatic rings. The summed E-state index contributed by atoms with van der Waals surface area (Å²) in [6, 6.07) is 17.4. The first-order valence-electron chi connectivity index (χ1n) is 7.62. The Morgan fingerprint density at radius 3 is 2.24 bits per heavy atom. The summed E-state index contributed by atoms with van der Waals surface area (Å²) >= 11 is 0. The lowest BCUT2D eigenvalue weighted by atomic mass is 10.0. The maximum absolute atomic E-state index is 3.75. The second-order valence-corrected chi connectivity index (χ2v) is 5.10. The number of aryl methyl sites for hydroxylation is 2. The second kappa shape index (κ2) is 9.95. The summed E-state index contributed by atoms with van der Waals surface area (Å²) in [4.78, 5) is 0. The van der Waals surface area contributed by atoms with Crippen molar-refractivity contribution in [2.24, 2.45) is 0 Å². The van der Waals surface area contributed by atoms with Gasteiger partial charge in [0.15, 0.2) is 0 Å². The van der Waals surface area contributed by atoms with Crippen molar-refractivity contribution in [1.82, 2.24) is 5.32 Å². The van der Waals surface area contributed by atoms with Crippen molar-refractivity contribution in [2.45, 2.75) is 26.7 Å². The third-order valence-corrected chi connectivity index (χ3v) is 3.30. The van der Waals surface area contributed by atoms with Crippen molar-refractivity contribution in [3.8, 4) is 11.1 Å². The molecule has 1 nitrogen and oxygen atoms in total. The van der Waals surface area contributed by atoms with Crippen molar-refractivity contribution >= 4 is 0 Å². The van der Waals surface area contributed by atoms with Crippen LogP contribution in [0.15, 0.2) is 61.2 Å². The molecule has 2 rings (SSSR count). The van der Waals surface area contributed by atoms with Crippen LogP contribution < -0.4 is 5.32 Å². The van der Waals surface area contributed by atoms with Crippen LogP contribution in [0, 0.1) is 6.92 Å². The maximum Gasteiger partial charge on any atom is -0.00804 e. The van der Waals surface area contributed by atoms with Gasteiger partial charge in [0.25, 0.3) is 0 Å². The van der Waals surface area contributed by atoms with Gasteiger partial charge in [0.1, 0.15) is 0 Å². The lowest BCUT2D eigenvalue weighted by Gasteiger charge is -2.04. The van der Waals surface area contributed by atoms with Gasteiger partial charge in [-0.2, -0.15) is 0 Å². The Kier molecular flexibility index (Phi) is 8.15. The first kappa shape index (κ1) is 17.2. The van der Waals surface area contributed by atoms with Crippen LogP contribution in [-0.4, -0.2) is 13.6 Å². The van der Waals surface area contributed by atoms with Crippen molar-refractivity contribution in [3.05, 3.63) is 72.3 Å². The molecule has 1 heteroatoms. The predicted octanol–water partition coefficient (Wildman–Crippen LogP) is 5.01. The van der Waals surface area contributed by atoms with Gasteiger partial charge in [-0.05, 0) is 50.0 Å². The molecule has 21 heavy (non-hydrogen) atoms. The molecule has 0 atom stereocenters. The minimum atomic E-state index is 1.05. The zero-order valence-electron chi connectivity index (χ0n) is 13.5. The largest absolute Gasteiger partial charge is 0.320 e. The molecule has 0 fully saturated rings. The van der Waals surface area contributed by atoms with E-state index in [1.807, 2.05) is 13.1 Å². The van der Waals surface area contributed by atoms with E-state index in [-0.39, 0.29) is 0 Å². The van der Waals surface area contributed by atoms with Gasteiger partial charge in [-0.25, -0.2) is 0 Å². The fourth-order valence-electron chi connectivity index (χ4n) is 1.96. The monoisotopic (exact) mass is 281 g/mol. The Balaban J connectivity index is 0.000000491. The Morgan fingerprint density at radius 1 is 1.05 bits per heavy atom. The summed E-state index contributed by atoms with van der Waals surface area (Å²) in [5.41, 5.74) is 5.26. The van der Waals surface area contributed by atoms with Crippen molar-refractivity contribution < 1.29 is 0 Å². The molecule has 1 N–H and O–H groups in total. The average Bonchev–Trinajstić information content (AvgIpc) is 2.53. The van der Waals surface area contributed by atoms with Crippen molar-refractivity contribution in [2.75, 3.05) is 13.6 Å². The molecule has 0 aliphatic rings. The molecular weight excluding hydrogens is 254 g/mol. The lowest BCUT2D eigenvalue weighted by Crippen LogP contribution is -2.01. The molecule has 0 heterocycles. The molecule has 0 aliphatic heterocycles. The predicted molar refractivity (Wildman–Crippen MR) is 94.7 cm³/mol. The SMILES string of the molecule is C=CCCc1ccc(-c2cccc(C)c2)cc1.CCNC. The van der Waals surface area contributed by atoms with Gasteiger partial charge < -0.3 is 5.32 Å². The van der Waals surface area contributed by atoms with Gasteiger partial charge in [0, 0.05) is 0 Å². The third-order valence-electron chi connectivity index (χ3n) is 3.30. The van der Waals surface area contributed by atoms with E-state index in [2.05, 4.69) is 74.3 Å². The van der Waals surface area contributed by atoms with E-state index in [0.29, 0.717) is 0 Å². The van der Waals surface area contributed by atoms with E-state index >= 15 is 0 Å². The molecule has 0 aromatic heterocycles. The van der Waals surface area contributed by atoms with Gasteiger partial charge in [0.05, 0.1) is 0 Å². The fraction of sp³-hybridized carbons (Fsp3) is 0.300. The number of allylic oxidation sites excluding steroid dienone is 1. The maximum atomic E-state index is 3.75. The highest BCUT2D eigenvalue weighted by Gasteiger charge is 1.98. The van der Waals surface area contributed by atoms with Crippen LogP contribution in [0.1, 0.15) is 24.5 Å². The molecule has 2 aromatic carbocycles. The number of nitrogens with one attached hydrogen (secondary N) is 1. The topological polar surface area (TPSA) is 12.0 Å². The molecule has 0 aliphatic carbocycles. The van der Waals surface area contributed by atoms with Gasteiger partial charge in [-0.1, -0.05) is 67.1 Å². The second-order valence-electron chi connectivity index (χ2n) is 5.10. The standard InChI is InChI=1S/C17H18.C3H9N/c1-3-4-7-15-9-11-16(12-10-15)17-8-5-6-14(2)13-17;1-3-4-2/h3,5-6,8-13H,1,4,7H2,2H3;4H,3H2,1-2H3. The van der Waals surface area contributed by atoms with Crippen LogP contribution in [-0.2, 0) is 6.42 Å². The molecule has 0 amide bonds. The zero-order chi connectivity index (χ0) is 15.5. The van der Waals surface area contributed by atoms with Gasteiger partial charge in [-0.15, -0.1) is 6.58 Å². The minimum absolute atomic E-state index is 1.05. The fourth-order valence-corrected chi connectivity index (χ4v) is 1.96. The van der Waals surface area contributed by atoms with Gasteiger partial charge >= 0.3 is 0 Å². The van der Waals surface area contributed by atoms with Gasteiger partial charge in [-0.3, -0.25) is 0 Å². The van der Waals surface area contributed by atoms with E-state index in [4.69, 9.17) is 0 Å². The lowest BCUT2D eigenvalue weighted by molar-refractivity contribution is 0.864. The van der Waals surface area contributed by atoms with Crippen molar-refractivity contribution in [3.63, 3.8) is 0 Å². The Morgan fingerprint density at radius 2 is 1.71 bits per heavy atom. The Hall–Kier alpha value is -1.86.